The second-order valence-electron chi connectivity index (χ2n) is 6.31. The smallest absolute Gasteiger partial charge is 0.265 e. The maximum atomic E-state index is 12.7. The van der Waals surface area contributed by atoms with E-state index in [1.165, 1.54) is 22.5 Å². The van der Waals surface area contributed by atoms with Crippen molar-refractivity contribution in [3.8, 4) is 15.6 Å². The Bertz CT molecular complexity index is 880. The molecule has 1 aromatic carbocycles. The van der Waals surface area contributed by atoms with Crippen LogP contribution in [-0.2, 0) is 0 Å². The number of hydrogen-bond acceptors (Lipinski definition) is 5. The molecule has 3 rings (SSSR count). The van der Waals surface area contributed by atoms with Crippen LogP contribution in [-0.4, -0.2) is 36.0 Å². The van der Waals surface area contributed by atoms with Crippen molar-refractivity contribution in [1.29, 1.82) is 0 Å². The average Bonchev–Trinajstić information content (AvgIpc) is 3.22. The predicted molar refractivity (Wildman–Crippen MR) is 109 cm³/mol. The van der Waals surface area contributed by atoms with E-state index in [4.69, 9.17) is 4.74 Å². The molecule has 6 heteroatoms. The zero-order chi connectivity index (χ0) is 18.7. The molecule has 0 atom stereocenters. The van der Waals surface area contributed by atoms with Crippen LogP contribution in [0.15, 0.2) is 35.7 Å². The number of benzene rings is 1. The normalized spacial score (nSPS) is 10.8. The van der Waals surface area contributed by atoms with Gasteiger partial charge < -0.3 is 9.64 Å². The van der Waals surface area contributed by atoms with Gasteiger partial charge in [0, 0.05) is 7.05 Å². The molecule has 2 heterocycles. The summed E-state index contributed by atoms with van der Waals surface area (Å²) >= 11 is 3.09. The van der Waals surface area contributed by atoms with Gasteiger partial charge in [-0.05, 0) is 55.5 Å². The van der Waals surface area contributed by atoms with E-state index in [9.17, 15) is 4.79 Å². The van der Waals surface area contributed by atoms with E-state index in [1.54, 1.807) is 23.3 Å². The molecule has 26 heavy (non-hydrogen) atoms. The fourth-order valence-electron chi connectivity index (χ4n) is 2.69. The summed E-state index contributed by atoms with van der Waals surface area (Å²) in [5.74, 6) is 0.837. The lowest BCUT2D eigenvalue weighted by atomic mass is 10.1. The number of carbonyl (C=O) groups is 1. The van der Waals surface area contributed by atoms with Gasteiger partial charge in [0.15, 0.2) is 0 Å². The van der Waals surface area contributed by atoms with E-state index >= 15 is 0 Å². The first-order chi connectivity index (χ1) is 12.4. The van der Waals surface area contributed by atoms with E-state index in [1.807, 2.05) is 50.4 Å². The number of nitrogens with zero attached hydrogens (tertiary/aromatic N) is 2. The third kappa shape index (κ3) is 4.31. The van der Waals surface area contributed by atoms with Crippen LogP contribution in [0.4, 0.5) is 0 Å². The summed E-state index contributed by atoms with van der Waals surface area (Å²) in [7, 11) is 1.80. The number of likely N-dealkylation sites (N-methyl/N-ethyl adjacent to an activating group) is 1. The summed E-state index contributed by atoms with van der Waals surface area (Å²) in [5.41, 5.74) is 3.13. The topological polar surface area (TPSA) is 42.4 Å². The number of aryl methyl sites for hydroxylation is 3. The van der Waals surface area contributed by atoms with E-state index < -0.39 is 0 Å². The Morgan fingerprint density at radius 3 is 2.58 bits per heavy atom. The molecule has 0 N–H and O–H groups in total. The van der Waals surface area contributed by atoms with Gasteiger partial charge in [-0.25, -0.2) is 4.98 Å². The summed E-state index contributed by atoms with van der Waals surface area (Å²) in [6, 6.07) is 10.2. The molecular formula is C20H22N2O2S2. The molecule has 2 aromatic heterocycles. The zero-order valence-corrected chi connectivity index (χ0v) is 17.0. The molecule has 0 aliphatic carbocycles. The largest absolute Gasteiger partial charge is 0.492 e. The lowest BCUT2D eigenvalue weighted by Crippen LogP contribution is -2.30. The second kappa shape index (κ2) is 8.01. The number of hydrogen-bond donors (Lipinski definition) is 0. The summed E-state index contributed by atoms with van der Waals surface area (Å²) in [5, 5.41) is 2.92. The summed E-state index contributed by atoms with van der Waals surface area (Å²) in [6.07, 6.45) is 0. The van der Waals surface area contributed by atoms with Crippen LogP contribution >= 0.6 is 22.7 Å². The van der Waals surface area contributed by atoms with Crippen molar-refractivity contribution in [1.82, 2.24) is 9.88 Å². The highest BCUT2D eigenvalue weighted by Gasteiger charge is 2.20. The van der Waals surface area contributed by atoms with Crippen molar-refractivity contribution in [2.45, 2.75) is 20.8 Å². The number of thiazole rings is 1. The van der Waals surface area contributed by atoms with E-state index in [0.717, 1.165) is 21.3 Å². The molecule has 136 valence electrons. The lowest BCUT2D eigenvalue weighted by molar-refractivity contribution is 0.0777. The van der Waals surface area contributed by atoms with Gasteiger partial charge in [-0.1, -0.05) is 12.1 Å². The monoisotopic (exact) mass is 386 g/mol. The quantitative estimate of drug-likeness (QED) is 0.602. The van der Waals surface area contributed by atoms with Crippen molar-refractivity contribution in [2.75, 3.05) is 20.2 Å². The van der Waals surface area contributed by atoms with Crippen molar-refractivity contribution in [2.24, 2.45) is 0 Å². The summed E-state index contributed by atoms with van der Waals surface area (Å²) in [6.45, 7) is 6.97. The lowest BCUT2D eigenvalue weighted by Gasteiger charge is -2.17. The minimum Gasteiger partial charge on any atom is -0.492 e. The van der Waals surface area contributed by atoms with Crippen LogP contribution < -0.4 is 4.74 Å². The number of rotatable bonds is 6. The Morgan fingerprint density at radius 2 is 1.92 bits per heavy atom. The molecule has 0 aliphatic rings. The fourth-order valence-corrected chi connectivity index (χ4v) is 4.55. The van der Waals surface area contributed by atoms with Crippen molar-refractivity contribution in [3.63, 3.8) is 0 Å². The van der Waals surface area contributed by atoms with E-state index in [-0.39, 0.29) is 5.91 Å². The highest BCUT2D eigenvalue weighted by Crippen LogP contribution is 2.31. The van der Waals surface area contributed by atoms with E-state index in [0.29, 0.717) is 18.0 Å². The number of carbonyl (C=O) groups excluding carboxylic acids is 1. The van der Waals surface area contributed by atoms with E-state index in [2.05, 4.69) is 11.1 Å². The van der Waals surface area contributed by atoms with Crippen molar-refractivity contribution in [3.05, 3.63) is 57.4 Å². The van der Waals surface area contributed by atoms with Gasteiger partial charge in [0.1, 0.15) is 22.2 Å². The minimum atomic E-state index is -0.00757. The first-order valence-corrected chi connectivity index (χ1v) is 10.1. The highest BCUT2D eigenvalue weighted by atomic mass is 32.1. The number of thiophene rings is 1. The molecule has 0 fully saturated rings. The van der Waals surface area contributed by atoms with Gasteiger partial charge in [0.2, 0.25) is 0 Å². The third-order valence-corrected chi connectivity index (χ3v) is 6.14. The van der Waals surface area contributed by atoms with Gasteiger partial charge in [0.05, 0.1) is 17.1 Å². The summed E-state index contributed by atoms with van der Waals surface area (Å²) < 4.78 is 5.81. The first-order valence-electron chi connectivity index (χ1n) is 8.42. The van der Waals surface area contributed by atoms with Gasteiger partial charge in [-0.15, -0.1) is 22.7 Å². The van der Waals surface area contributed by atoms with Crippen molar-refractivity contribution >= 4 is 28.6 Å². The average molecular weight is 387 g/mol. The standard InChI is InChI=1S/C20H22N2O2S2/c1-13-10-14(2)12-16(11-13)24-8-7-22(4)20(23)18-15(3)21-19(26-18)17-6-5-9-25-17/h5-6,9-12H,7-8H2,1-4H3. The molecular weight excluding hydrogens is 364 g/mol. The van der Waals surface area contributed by atoms with Crippen LogP contribution in [0.2, 0.25) is 0 Å². The molecule has 0 bridgehead atoms. The van der Waals surface area contributed by atoms with Gasteiger partial charge >= 0.3 is 0 Å². The summed E-state index contributed by atoms with van der Waals surface area (Å²) in [4.78, 5) is 20.8. The second-order valence-corrected chi connectivity index (χ2v) is 8.26. The highest BCUT2D eigenvalue weighted by molar-refractivity contribution is 7.22. The molecule has 0 saturated heterocycles. The Hall–Kier alpha value is -2.18. The van der Waals surface area contributed by atoms with Crippen LogP contribution in [0.25, 0.3) is 9.88 Å². The van der Waals surface area contributed by atoms with Crippen LogP contribution in [0, 0.1) is 20.8 Å². The van der Waals surface area contributed by atoms with Gasteiger partial charge in [-0.3, -0.25) is 4.79 Å². The zero-order valence-electron chi connectivity index (χ0n) is 15.4. The van der Waals surface area contributed by atoms with Crippen LogP contribution in [0.3, 0.4) is 0 Å². The molecule has 0 unspecified atom stereocenters. The Labute approximate surface area is 162 Å². The first kappa shape index (κ1) is 18.6. The molecule has 1 amide bonds. The number of aromatic nitrogens is 1. The van der Waals surface area contributed by atoms with Gasteiger partial charge in [-0.2, -0.15) is 0 Å². The number of amides is 1. The molecule has 3 aromatic rings. The number of ether oxygens (including phenoxy) is 1. The van der Waals surface area contributed by atoms with Crippen LogP contribution in [0.5, 0.6) is 5.75 Å². The Balaban J connectivity index is 1.61. The maximum absolute atomic E-state index is 12.7. The SMILES string of the molecule is Cc1cc(C)cc(OCCN(C)C(=O)c2sc(-c3cccs3)nc2C)c1. The maximum Gasteiger partial charge on any atom is 0.265 e. The van der Waals surface area contributed by atoms with Gasteiger partial charge in [0.25, 0.3) is 5.91 Å². The fraction of sp³-hybridized carbons (Fsp3) is 0.300. The van der Waals surface area contributed by atoms with Crippen LogP contribution in [0.1, 0.15) is 26.5 Å². The minimum absolute atomic E-state index is 0.00757. The Kier molecular flexibility index (Phi) is 5.74. The Morgan fingerprint density at radius 1 is 1.19 bits per heavy atom. The predicted octanol–water partition coefficient (Wildman–Crippen LogP) is 4.95. The molecule has 4 nitrogen and oxygen atoms in total. The van der Waals surface area contributed by atoms with Crippen molar-refractivity contribution < 1.29 is 9.53 Å². The third-order valence-electron chi connectivity index (χ3n) is 3.96. The molecule has 0 aliphatic heterocycles. The molecule has 0 spiro atoms. The molecule has 0 radical (unpaired) electrons. The molecule has 0 saturated carbocycles.